The van der Waals surface area contributed by atoms with E-state index in [1.54, 1.807) is 24.3 Å². The van der Waals surface area contributed by atoms with Gasteiger partial charge in [-0.3, -0.25) is 9.69 Å². The van der Waals surface area contributed by atoms with Gasteiger partial charge in [0.25, 0.3) is 5.91 Å². The summed E-state index contributed by atoms with van der Waals surface area (Å²) in [7, 11) is 0. The maximum atomic E-state index is 12.9. The fraction of sp³-hybridized carbons (Fsp3) is 0.211. The van der Waals surface area contributed by atoms with Crippen molar-refractivity contribution in [3.8, 4) is 5.75 Å². The second kappa shape index (κ2) is 8.31. The Morgan fingerprint density at radius 3 is 2.63 bits per heavy atom. The summed E-state index contributed by atoms with van der Waals surface area (Å²) < 4.78 is 23.5. The summed E-state index contributed by atoms with van der Waals surface area (Å²) in [5.41, 5.74) is 0.990. The van der Waals surface area contributed by atoms with E-state index in [1.807, 2.05) is 0 Å². The molecule has 0 unspecified atom stereocenters. The van der Waals surface area contributed by atoms with Crippen molar-refractivity contribution in [3.63, 3.8) is 0 Å². The number of ether oxygens (including phenoxy) is 2. The number of amides is 3. The van der Waals surface area contributed by atoms with Crippen molar-refractivity contribution in [1.29, 1.82) is 0 Å². The molecule has 0 radical (unpaired) electrons. The zero-order valence-corrected chi connectivity index (χ0v) is 14.3. The highest BCUT2D eigenvalue weighted by atomic mass is 19.1. The molecule has 1 heterocycles. The van der Waals surface area contributed by atoms with Crippen molar-refractivity contribution >= 4 is 17.9 Å². The van der Waals surface area contributed by atoms with Gasteiger partial charge in [0.05, 0.1) is 5.56 Å². The zero-order valence-electron chi connectivity index (χ0n) is 14.3. The molecule has 3 rings (SSSR count). The molecule has 2 aromatic carbocycles. The lowest BCUT2D eigenvalue weighted by Crippen LogP contribution is -2.37. The molecule has 2 aromatic rings. The molecule has 0 aromatic heterocycles. The topological polar surface area (TPSA) is 84.9 Å². The molecule has 1 saturated heterocycles. The first-order chi connectivity index (χ1) is 13.0. The van der Waals surface area contributed by atoms with Gasteiger partial charge in [-0.05, 0) is 35.9 Å². The van der Waals surface area contributed by atoms with Crippen LogP contribution in [-0.4, -0.2) is 42.5 Å². The van der Waals surface area contributed by atoms with E-state index in [0.717, 1.165) is 10.5 Å². The van der Waals surface area contributed by atoms with Gasteiger partial charge in [0.15, 0.2) is 6.61 Å². The molecule has 1 aliphatic rings. The molecule has 7 nitrogen and oxygen atoms in total. The van der Waals surface area contributed by atoms with Crippen LogP contribution in [-0.2, 0) is 16.1 Å². The highest BCUT2D eigenvalue weighted by Gasteiger charge is 2.26. The maximum absolute atomic E-state index is 12.9. The van der Waals surface area contributed by atoms with E-state index < -0.39 is 24.5 Å². The van der Waals surface area contributed by atoms with Crippen molar-refractivity contribution in [1.82, 2.24) is 10.2 Å². The van der Waals surface area contributed by atoms with Gasteiger partial charge in [-0.15, -0.1) is 0 Å². The third kappa shape index (κ3) is 4.81. The monoisotopic (exact) mass is 372 g/mol. The predicted octanol–water partition coefficient (Wildman–Crippen LogP) is 2.11. The summed E-state index contributed by atoms with van der Waals surface area (Å²) in [5.74, 6) is -1.18. The molecular formula is C19H17FN2O5. The number of imide groups is 1. The van der Waals surface area contributed by atoms with Crippen LogP contribution in [0.2, 0.25) is 0 Å². The second-order valence-electron chi connectivity index (χ2n) is 5.80. The van der Waals surface area contributed by atoms with E-state index in [-0.39, 0.29) is 24.5 Å². The summed E-state index contributed by atoms with van der Waals surface area (Å²) in [5, 5.41) is 2.50. The van der Waals surface area contributed by atoms with E-state index in [9.17, 15) is 18.8 Å². The van der Waals surface area contributed by atoms with Crippen molar-refractivity contribution in [3.05, 3.63) is 65.5 Å². The molecule has 0 atom stereocenters. The molecule has 8 heteroatoms. The van der Waals surface area contributed by atoms with Gasteiger partial charge in [-0.1, -0.05) is 18.2 Å². The average molecular weight is 372 g/mol. The van der Waals surface area contributed by atoms with Crippen molar-refractivity contribution in [2.45, 2.75) is 6.61 Å². The molecule has 0 bridgehead atoms. The van der Waals surface area contributed by atoms with Gasteiger partial charge < -0.3 is 14.8 Å². The first-order valence-corrected chi connectivity index (χ1v) is 8.25. The van der Waals surface area contributed by atoms with E-state index in [4.69, 9.17) is 9.47 Å². The standard InChI is InChI=1S/C19H17FN2O5/c20-15-6-4-13(5-7-15)11-26-16-3-1-2-14(10-16)18(24)27-12-17(23)22-9-8-21-19(22)25/h1-7,10H,8-9,11-12H2,(H,21,25). The second-order valence-corrected chi connectivity index (χ2v) is 5.80. The number of carbonyl (C=O) groups is 3. The SMILES string of the molecule is O=C(OCC(=O)N1CCNC1=O)c1cccc(OCc2ccc(F)cc2)c1. The lowest BCUT2D eigenvalue weighted by Gasteiger charge is -2.12. The molecule has 0 aliphatic carbocycles. The highest BCUT2D eigenvalue weighted by Crippen LogP contribution is 2.16. The van der Waals surface area contributed by atoms with Crippen LogP contribution in [0.15, 0.2) is 48.5 Å². The Bertz CT molecular complexity index is 853. The summed E-state index contributed by atoms with van der Waals surface area (Å²) in [4.78, 5) is 36.4. The Morgan fingerprint density at radius 2 is 1.93 bits per heavy atom. The van der Waals surface area contributed by atoms with Gasteiger partial charge in [-0.2, -0.15) is 0 Å². The molecule has 3 amide bonds. The van der Waals surface area contributed by atoms with Crippen LogP contribution < -0.4 is 10.1 Å². The number of hydrogen-bond donors (Lipinski definition) is 1. The van der Waals surface area contributed by atoms with E-state index in [1.165, 1.54) is 24.3 Å². The van der Waals surface area contributed by atoms with E-state index in [0.29, 0.717) is 12.3 Å². The lowest BCUT2D eigenvalue weighted by atomic mass is 10.2. The van der Waals surface area contributed by atoms with E-state index in [2.05, 4.69) is 5.32 Å². The van der Waals surface area contributed by atoms with Crippen LogP contribution in [0.1, 0.15) is 15.9 Å². The summed E-state index contributed by atoms with van der Waals surface area (Å²) >= 11 is 0. The van der Waals surface area contributed by atoms with Gasteiger partial charge >= 0.3 is 12.0 Å². The summed E-state index contributed by atoms with van der Waals surface area (Å²) in [6.45, 7) is 0.322. The fourth-order valence-corrected chi connectivity index (χ4v) is 2.46. The largest absolute Gasteiger partial charge is 0.489 e. The fourth-order valence-electron chi connectivity index (χ4n) is 2.46. The number of urea groups is 1. The summed E-state index contributed by atoms with van der Waals surface area (Å²) in [6.07, 6.45) is 0. The summed E-state index contributed by atoms with van der Waals surface area (Å²) in [6, 6.07) is 11.7. The number of nitrogens with one attached hydrogen (secondary N) is 1. The van der Waals surface area contributed by atoms with Crippen LogP contribution in [0, 0.1) is 5.82 Å². The number of esters is 1. The maximum Gasteiger partial charge on any atom is 0.338 e. The molecule has 27 heavy (non-hydrogen) atoms. The molecular weight excluding hydrogens is 355 g/mol. The van der Waals surface area contributed by atoms with Gasteiger partial charge in [-0.25, -0.2) is 14.0 Å². The number of rotatable bonds is 6. The minimum absolute atomic E-state index is 0.210. The third-order valence-corrected chi connectivity index (χ3v) is 3.87. The quantitative estimate of drug-likeness (QED) is 0.785. The van der Waals surface area contributed by atoms with Crippen LogP contribution in [0.4, 0.5) is 9.18 Å². The minimum atomic E-state index is -0.699. The zero-order chi connectivity index (χ0) is 19.2. The van der Waals surface area contributed by atoms with E-state index >= 15 is 0 Å². The number of halogens is 1. The highest BCUT2D eigenvalue weighted by molar-refractivity contribution is 5.98. The number of hydrogen-bond acceptors (Lipinski definition) is 5. The Balaban J connectivity index is 1.54. The molecule has 1 N–H and O–H groups in total. The Kier molecular flexibility index (Phi) is 5.65. The number of benzene rings is 2. The Morgan fingerprint density at radius 1 is 1.15 bits per heavy atom. The molecule has 0 saturated carbocycles. The van der Waals surface area contributed by atoms with Crippen LogP contribution in [0.5, 0.6) is 5.75 Å². The molecule has 140 valence electrons. The van der Waals surface area contributed by atoms with Crippen molar-refractivity contribution < 1.29 is 28.2 Å². The smallest absolute Gasteiger partial charge is 0.338 e. The van der Waals surface area contributed by atoms with Crippen molar-refractivity contribution in [2.24, 2.45) is 0 Å². The molecule has 1 fully saturated rings. The lowest BCUT2D eigenvalue weighted by molar-refractivity contribution is -0.130. The molecule has 1 aliphatic heterocycles. The Labute approximate surface area is 154 Å². The van der Waals surface area contributed by atoms with Crippen LogP contribution in [0.25, 0.3) is 0 Å². The first kappa shape index (κ1) is 18.4. The first-order valence-electron chi connectivity index (χ1n) is 8.25. The predicted molar refractivity (Wildman–Crippen MR) is 92.6 cm³/mol. The van der Waals surface area contributed by atoms with Gasteiger partial charge in [0, 0.05) is 13.1 Å². The van der Waals surface area contributed by atoms with Crippen molar-refractivity contribution in [2.75, 3.05) is 19.7 Å². The normalized spacial score (nSPS) is 13.2. The van der Waals surface area contributed by atoms with Gasteiger partial charge in [0.1, 0.15) is 18.2 Å². The minimum Gasteiger partial charge on any atom is -0.489 e. The number of nitrogens with zero attached hydrogens (tertiary/aromatic N) is 1. The molecule has 0 spiro atoms. The Hall–Kier alpha value is -3.42. The third-order valence-electron chi connectivity index (χ3n) is 3.87. The van der Waals surface area contributed by atoms with Crippen LogP contribution >= 0.6 is 0 Å². The average Bonchev–Trinajstić information content (AvgIpc) is 3.11. The van der Waals surface area contributed by atoms with Crippen LogP contribution in [0.3, 0.4) is 0 Å². The van der Waals surface area contributed by atoms with Gasteiger partial charge in [0.2, 0.25) is 0 Å². The number of carbonyl (C=O) groups excluding carboxylic acids is 3.